The van der Waals surface area contributed by atoms with Crippen LogP contribution in [-0.2, 0) is 6.42 Å². The monoisotopic (exact) mass is 191 g/mol. The highest BCUT2D eigenvalue weighted by atomic mass is 32.2. The second-order valence-electron chi connectivity index (χ2n) is 3.11. The van der Waals surface area contributed by atoms with E-state index in [1.54, 1.807) is 0 Å². The molecule has 0 aliphatic carbocycles. The Morgan fingerprint density at radius 1 is 1.38 bits per heavy atom. The van der Waals surface area contributed by atoms with Crippen LogP contribution in [0.1, 0.15) is 23.4 Å². The fourth-order valence-corrected chi connectivity index (χ4v) is 2.29. The normalized spacial score (nSPS) is 20.8. The minimum atomic E-state index is 0.353. The van der Waals surface area contributed by atoms with Crippen LogP contribution in [0.2, 0.25) is 0 Å². The molecular formula is C11H13NS. The van der Waals surface area contributed by atoms with Crippen LogP contribution in [0, 0.1) is 0 Å². The molecule has 68 valence electrons. The highest BCUT2D eigenvalue weighted by Crippen LogP contribution is 2.32. The summed E-state index contributed by atoms with van der Waals surface area (Å²) in [6.07, 6.45) is 3.12. The standard InChI is InChI=1S/C11H13NS/c1-2-9-3-5-10(6-4-9)11-12-7-8-13-11/h3-7,11H,2,8H2,1H3/t11-/m1/s1. The summed E-state index contributed by atoms with van der Waals surface area (Å²) in [5.74, 6) is 1.06. The van der Waals surface area contributed by atoms with Crippen molar-refractivity contribution in [2.75, 3.05) is 5.75 Å². The van der Waals surface area contributed by atoms with E-state index in [9.17, 15) is 0 Å². The molecule has 1 heterocycles. The first kappa shape index (κ1) is 8.82. The molecule has 1 aromatic rings. The molecular weight excluding hydrogens is 178 g/mol. The van der Waals surface area contributed by atoms with Crippen LogP contribution in [0.5, 0.6) is 0 Å². The van der Waals surface area contributed by atoms with E-state index in [2.05, 4.69) is 36.2 Å². The number of aryl methyl sites for hydroxylation is 1. The third-order valence-electron chi connectivity index (χ3n) is 2.24. The van der Waals surface area contributed by atoms with Crippen LogP contribution in [0.25, 0.3) is 0 Å². The number of rotatable bonds is 2. The molecule has 13 heavy (non-hydrogen) atoms. The number of aliphatic imine (C=N–C) groups is 1. The Hall–Kier alpha value is -0.760. The van der Waals surface area contributed by atoms with Crippen LogP contribution in [0.3, 0.4) is 0 Å². The van der Waals surface area contributed by atoms with Crippen LogP contribution in [-0.4, -0.2) is 12.0 Å². The molecule has 1 aliphatic rings. The Morgan fingerprint density at radius 2 is 2.15 bits per heavy atom. The van der Waals surface area contributed by atoms with E-state index in [0.29, 0.717) is 5.37 Å². The van der Waals surface area contributed by atoms with E-state index in [1.807, 2.05) is 18.0 Å². The van der Waals surface area contributed by atoms with Crippen molar-refractivity contribution in [2.45, 2.75) is 18.7 Å². The molecule has 0 bridgehead atoms. The van der Waals surface area contributed by atoms with Gasteiger partial charge >= 0.3 is 0 Å². The predicted octanol–water partition coefficient (Wildman–Crippen LogP) is 3.07. The highest BCUT2D eigenvalue weighted by molar-refractivity contribution is 8.00. The number of hydrogen-bond acceptors (Lipinski definition) is 2. The SMILES string of the molecule is CCc1ccc([C@@H]2N=CCS2)cc1. The molecule has 0 fully saturated rings. The maximum absolute atomic E-state index is 4.40. The van der Waals surface area contributed by atoms with Crippen LogP contribution < -0.4 is 0 Å². The lowest BCUT2D eigenvalue weighted by molar-refractivity contribution is 1.04. The van der Waals surface area contributed by atoms with Crippen molar-refractivity contribution in [1.82, 2.24) is 0 Å². The zero-order valence-corrected chi connectivity index (χ0v) is 8.55. The molecule has 1 nitrogen and oxygen atoms in total. The van der Waals surface area contributed by atoms with E-state index in [0.717, 1.165) is 12.2 Å². The number of benzene rings is 1. The van der Waals surface area contributed by atoms with Crippen molar-refractivity contribution in [3.05, 3.63) is 35.4 Å². The first-order valence-electron chi connectivity index (χ1n) is 4.62. The zero-order valence-electron chi connectivity index (χ0n) is 7.73. The van der Waals surface area contributed by atoms with Crippen molar-refractivity contribution in [3.8, 4) is 0 Å². The van der Waals surface area contributed by atoms with Crippen LogP contribution in [0.4, 0.5) is 0 Å². The van der Waals surface area contributed by atoms with Gasteiger partial charge in [0.25, 0.3) is 0 Å². The van der Waals surface area contributed by atoms with E-state index in [4.69, 9.17) is 0 Å². The molecule has 0 saturated carbocycles. The largest absolute Gasteiger partial charge is 0.278 e. The fraction of sp³-hybridized carbons (Fsp3) is 0.364. The Bertz CT molecular complexity index is 302. The lowest BCUT2D eigenvalue weighted by Crippen LogP contribution is -1.87. The zero-order chi connectivity index (χ0) is 9.10. The van der Waals surface area contributed by atoms with Gasteiger partial charge < -0.3 is 0 Å². The third kappa shape index (κ3) is 1.94. The van der Waals surface area contributed by atoms with Gasteiger partial charge in [-0.1, -0.05) is 31.2 Å². The molecule has 0 radical (unpaired) electrons. The first-order valence-corrected chi connectivity index (χ1v) is 5.67. The third-order valence-corrected chi connectivity index (χ3v) is 3.29. The van der Waals surface area contributed by atoms with Gasteiger partial charge in [-0.2, -0.15) is 0 Å². The molecule has 0 spiro atoms. The average molecular weight is 191 g/mol. The Kier molecular flexibility index (Phi) is 2.69. The number of hydrogen-bond donors (Lipinski definition) is 0. The summed E-state index contributed by atoms with van der Waals surface area (Å²) < 4.78 is 0. The van der Waals surface area contributed by atoms with Gasteiger partial charge in [0.1, 0.15) is 5.37 Å². The summed E-state index contributed by atoms with van der Waals surface area (Å²) in [5, 5.41) is 0.353. The summed E-state index contributed by atoms with van der Waals surface area (Å²) in [5.41, 5.74) is 2.73. The van der Waals surface area contributed by atoms with Gasteiger partial charge in [0.2, 0.25) is 0 Å². The van der Waals surface area contributed by atoms with Gasteiger partial charge in [-0.25, -0.2) is 0 Å². The second-order valence-corrected chi connectivity index (χ2v) is 4.23. The molecule has 0 saturated heterocycles. The van der Waals surface area contributed by atoms with Crippen molar-refractivity contribution >= 4 is 18.0 Å². The summed E-state index contributed by atoms with van der Waals surface area (Å²) in [4.78, 5) is 4.40. The Morgan fingerprint density at radius 3 is 2.69 bits per heavy atom. The van der Waals surface area contributed by atoms with Gasteiger partial charge in [-0.3, -0.25) is 4.99 Å². The van der Waals surface area contributed by atoms with Crippen molar-refractivity contribution in [3.63, 3.8) is 0 Å². The average Bonchev–Trinajstić information content (AvgIpc) is 2.71. The summed E-state index contributed by atoms with van der Waals surface area (Å²) in [6.45, 7) is 2.18. The Balaban J connectivity index is 2.17. The summed E-state index contributed by atoms with van der Waals surface area (Å²) in [6, 6.07) is 8.78. The quantitative estimate of drug-likeness (QED) is 0.700. The molecule has 0 unspecified atom stereocenters. The van der Waals surface area contributed by atoms with Crippen molar-refractivity contribution in [2.24, 2.45) is 4.99 Å². The van der Waals surface area contributed by atoms with Crippen LogP contribution in [0.15, 0.2) is 29.3 Å². The lowest BCUT2D eigenvalue weighted by atomic mass is 10.1. The van der Waals surface area contributed by atoms with Gasteiger partial charge in [0.15, 0.2) is 0 Å². The first-order chi connectivity index (χ1) is 6.40. The molecule has 1 aromatic carbocycles. The molecule has 1 aliphatic heterocycles. The van der Waals surface area contributed by atoms with Gasteiger partial charge in [-0.05, 0) is 17.5 Å². The minimum absolute atomic E-state index is 0.353. The molecule has 2 heteroatoms. The topological polar surface area (TPSA) is 12.4 Å². The predicted molar refractivity (Wildman–Crippen MR) is 59.5 cm³/mol. The molecule has 2 rings (SSSR count). The maximum Gasteiger partial charge on any atom is 0.120 e. The Labute approximate surface area is 83.3 Å². The maximum atomic E-state index is 4.40. The minimum Gasteiger partial charge on any atom is -0.278 e. The van der Waals surface area contributed by atoms with Gasteiger partial charge in [0, 0.05) is 12.0 Å². The molecule has 0 aromatic heterocycles. The molecule has 0 amide bonds. The number of nitrogens with zero attached hydrogens (tertiary/aromatic N) is 1. The fourth-order valence-electron chi connectivity index (χ4n) is 1.42. The van der Waals surface area contributed by atoms with Crippen molar-refractivity contribution < 1.29 is 0 Å². The molecule has 0 N–H and O–H groups in total. The van der Waals surface area contributed by atoms with Gasteiger partial charge in [0.05, 0.1) is 0 Å². The smallest absolute Gasteiger partial charge is 0.120 e. The van der Waals surface area contributed by atoms with E-state index in [-0.39, 0.29) is 0 Å². The summed E-state index contributed by atoms with van der Waals surface area (Å²) >= 11 is 1.89. The summed E-state index contributed by atoms with van der Waals surface area (Å²) in [7, 11) is 0. The second kappa shape index (κ2) is 3.97. The van der Waals surface area contributed by atoms with Gasteiger partial charge in [-0.15, -0.1) is 11.8 Å². The molecule has 1 atom stereocenters. The van der Waals surface area contributed by atoms with Crippen molar-refractivity contribution in [1.29, 1.82) is 0 Å². The van der Waals surface area contributed by atoms with Crippen LogP contribution >= 0.6 is 11.8 Å². The number of thioether (sulfide) groups is 1. The van der Waals surface area contributed by atoms with E-state index < -0.39 is 0 Å². The van der Waals surface area contributed by atoms with E-state index >= 15 is 0 Å². The lowest BCUT2D eigenvalue weighted by Gasteiger charge is -2.06. The highest BCUT2D eigenvalue weighted by Gasteiger charge is 2.12. The van der Waals surface area contributed by atoms with E-state index in [1.165, 1.54) is 11.1 Å².